The lowest BCUT2D eigenvalue weighted by Crippen LogP contribution is -2.24. The van der Waals surface area contributed by atoms with Crippen LogP contribution in [0.5, 0.6) is 0 Å². The zero-order valence-corrected chi connectivity index (χ0v) is 13.9. The Balaban J connectivity index is 1.43. The molecule has 0 aliphatic carbocycles. The number of carbonyl (C=O) groups is 1. The molecule has 2 aromatic carbocycles. The van der Waals surface area contributed by atoms with Crippen LogP contribution in [0.1, 0.15) is 27.8 Å². The normalized spacial score (nSPS) is 10.8. The fraction of sp³-hybridized carbons (Fsp3) is 0.100. The van der Waals surface area contributed by atoms with Crippen molar-refractivity contribution in [2.75, 3.05) is 0 Å². The first-order valence-corrected chi connectivity index (χ1v) is 8.27. The fourth-order valence-electron chi connectivity index (χ4n) is 2.75. The molecule has 0 aliphatic rings. The summed E-state index contributed by atoms with van der Waals surface area (Å²) in [5.41, 5.74) is 1.48. The van der Waals surface area contributed by atoms with Crippen LogP contribution in [0, 0.1) is 0 Å². The number of amides is 1. The molecule has 0 unspecified atom stereocenters. The third-order valence-electron chi connectivity index (χ3n) is 4.00. The number of rotatable bonds is 5. The molecule has 0 radical (unpaired) electrons. The molecule has 0 saturated carbocycles. The fourth-order valence-corrected chi connectivity index (χ4v) is 2.75. The summed E-state index contributed by atoms with van der Waals surface area (Å²) in [5, 5.41) is 8.52. The summed E-state index contributed by atoms with van der Waals surface area (Å²) in [6.45, 7) is 0.158. The minimum absolute atomic E-state index is 0.158. The van der Waals surface area contributed by atoms with Crippen LogP contribution in [0.2, 0.25) is 0 Å². The molecule has 2 aromatic heterocycles. The van der Waals surface area contributed by atoms with Crippen LogP contribution in [0.25, 0.3) is 10.8 Å². The Morgan fingerprint density at radius 2 is 1.81 bits per heavy atom. The molecule has 0 aliphatic heterocycles. The van der Waals surface area contributed by atoms with Gasteiger partial charge in [0.1, 0.15) is 5.69 Å². The Morgan fingerprint density at radius 3 is 2.69 bits per heavy atom. The van der Waals surface area contributed by atoms with Gasteiger partial charge in [0, 0.05) is 18.0 Å². The summed E-state index contributed by atoms with van der Waals surface area (Å²) in [6.07, 6.45) is 2.21. The van der Waals surface area contributed by atoms with Crippen LogP contribution in [-0.2, 0) is 13.0 Å². The molecule has 0 spiro atoms. The summed E-state index contributed by atoms with van der Waals surface area (Å²) in [5.74, 6) is 0.679. The highest BCUT2D eigenvalue weighted by Gasteiger charge is 2.13. The molecular formula is C20H16N4O2. The van der Waals surface area contributed by atoms with E-state index >= 15 is 0 Å². The first kappa shape index (κ1) is 16.0. The number of hydrogen-bond donors (Lipinski definition) is 1. The molecule has 1 N–H and O–H groups in total. The molecule has 1 amide bonds. The van der Waals surface area contributed by atoms with Crippen molar-refractivity contribution >= 4 is 16.7 Å². The summed E-state index contributed by atoms with van der Waals surface area (Å²) in [6, 6.07) is 19.4. The number of benzene rings is 2. The van der Waals surface area contributed by atoms with Gasteiger partial charge in [0.25, 0.3) is 5.91 Å². The molecule has 0 saturated heterocycles. The highest BCUT2D eigenvalue weighted by Crippen LogP contribution is 2.16. The van der Waals surface area contributed by atoms with Crippen molar-refractivity contribution in [1.82, 2.24) is 20.4 Å². The van der Waals surface area contributed by atoms with Gasteiger partial charge in [-0.05, 0) is 17.0 Å². The van der Waals surface area contributed by atoms with Gasteiger partial charge in [-0.2, -0.15) is 4.98 Å². The minimum Gasteiger partial charge on any atom is -0.342 e. The molecule has 4 rings (SSSR count). The zero-order chi connectivity index (χ0) is 17.8. The van der Waals surface area contributed by atoms with Gasteiger partial charge in [-0.15, -0.1) is 0 Å². The topological polar surface area (TPSA) is 80.9 Å². The average Bonchev–Trinajstić information content (AvgIpc) is 3.14. The van der Waals surface area contributed by atoms with Crippen LogP contribution in [-0.4, -0.2) is 21.0 Å². The Morgan fingerprint density at radius 1 is 1.00 bits per heavy atom. The molecule has 6 nitrogen and oxygen atoms in total. The van der Waals surface area contributed by atoms with Gasteiger partial charge < -0.3 is 9.84 Å². The number of carbonyl (C=O) groups excluding carboxylic acids is 1. The molecule has 0 fully saturated rings. The Kier molecular flexibility index (Phi) is 4.38. The van der Waals surface area contributed by atoms with E-state index in [0.29, 0.717) is 23.8 Å². The smallest absolute Gasteiger partial charge is 0.270 e. The summed E-state index contributed by atoms with van der Waals surface area (Å²) < 4.78 is 5.21. The summed E-state index contributed by atoms with van der Waals surface area (Å²) in [7, 11) is 0. The van der Waals surface area contributed by atoms with Gasteiger partial charge in [0.15, 0.2) is 5.82 Å². The molecule has 4 aromatic rings. The third-order valence-corrected chi connectivity index (χ3v) is 4.00. The van der Waals surface area contributed by atoms with E-state index in [9.17, 15) is 4.79 Å². The van der Waals surface area contributed by atoms with E-state index in [4.69, 9.17) is 4.52 Å². The Bertz CT molecular complexity index is 1040. The number of fused-ring (bicyclic) bond motifs is 1. The zero-order valence-electron chi connectivity index (χ0n) is 13.9. The highest BCUT2D eigenvalue weighted by atomic mass is 16.5. The van der Waals surface area contributed by atoms with Crippen molar-refractivity contribution < 1.29 is 9.32 Å². The van der Waals surface area contributed by atoms with Crippen LogP contribution in [0.15, 0.2) is 71.4 Å². The van der Waals surface area contributed by atoms with Crippen molar-refractivity contribution in [2.45, 2.75) is 13.0 Å². The number of aromatic nitrogens is 3. The Labute approximate surface area is 149 Å². The molecule has 26 heavy (non-hydrogen) atoms. The van der Waals surface area contributed by atoms with Crippen molar-refractivity contribution in [3.8, 4) is 0 Å². The van der Waals surface area contributed by atoms with Gasteiger partial charge in [0.05, 0.1) is 6.54 Å². The first-order chi connectivity index (χ1) is 12.8. The number of nitrogens with zero attached hydrogens (tertiary/aromatic N) is 3. The third kappa shape index (κ3) is 3.44. The van der Waals surface area contributed by atoms with Crippen LogP contribution in [0.4, 0.5) is 0 Å². The van der Waals surface area contributed by atoms with Gasteiger partial charge in [-0.1, -0.05) is 59.8 Å². The standard InChI is InChI=1S/C20H16N4O2/c25-20(19-16-9-5-4-8-15(16)10-11-21-19)22-13-18-23-17(24-26-18)12-14-6-2-1-3-7-14/h1-11H,12-13H2,(H,22,25). The monoisotopic (exact) mass is 344 g/mol. The van der Waals surface area contributed by atoms with Crippen LogP contribution >= 0.6 is 0 Å². The molecule has 128 valence electrons. The maximum absolute atomic E-state index is 12.5. The number of hydrogen-bond acceptors (Lipinski definition) is 5. The van der Waals surface area contributed by atoms with Crippen LogP contribution < -0.4 is 5.32 Å². The van der Waals surface area contributed by atoms with Crippen molar-refractivity contribution in [3.05, 3.63) is 89.8 Å². The maximum Gasteiger partial charge on any atom is 0.270 e. The molecule has 0 bridgehead atoms. The average molecular weight is 344 g/mol. The summed E-state index contributed by atoms with van der Waals surface area (Å²) >= 11 is 0. The molecule has 2 heterocycles. The van der Waals surface area contributed by atoms with E-state index in [2.05, 4.69) is 20.4 Å². The summed E-state index contributed by atoms with van der Waals surface area (Å²) in [4.78, 5) is 21.0. The molecule has 0 atom stereocenters. The van der Waals surface area contributed by atoms with Crippen molar-refractivity contribution in [2.24, 2.45) is 0 Å². The lowest BCUT2D eigenvalue weighted by molar-refractivity contribution is 0.0943. The predicted molar refractivity (Wildman–Crippen MR) is 96.5 cm³/mol. The second-order valence-corrected chi connectivity index (χ2v) is 5.83. The van der Waals surface area contributed by atoms with Gasteiger partial charge in [0.2, 0.25) is 5.89 Å². The maximum atomic E-state index is 12.5. The lowest BCUT2D eigenvalue weighted by Gasteiger charge is -2.05. The SMILES string of the molecule is O=C(NCc1nc(Cc2ccccc2)no1)c1nccc2ccccc12. The molecular weight excluding hydrogens is 328 g/mol. The quantitative estimate of drug-likeness (QED) is 0.601. The highest BCUT2D eigenvalue weighted by molar-refractivity contribution is 6.05. The number of nitrogens with one attached hydrogen (secondary N) is 1. The van der Waals surface area contributed by atoms with Gasteiger partial charge in [-0.3, -0.25) is 9.78 Å². The van der Waals surface area contributed by atoms with Gasteiger partial charge >= 0.3 is 0 Å². The second-order valence-electron chi connectivity index (χ2n) is 5.83. The largest absolute Gasteiger partial charge is 0.342 e. The first-order valence-electron chi connectivity index (χ1n) is 8.27. The lowest BCUT2D eigenvalue weighted by atomic mass is 10.1. The van der Waals surface area contributed by atoms with E-state index in [1.165, 1.54) is 0 Å². The second kappa shape index (κ2) is 7.14. The van der Waals surface area contributed by atoms with E-state index in [1.807, 2.05) is 60.7 Å². The molecule has 6 heteroatoms. The number of pyridine rings is 1. The van der Waals surface area contributed by atoms with Gasteiger partial charge in [-0.25, -0.2) is 0 Å². The van der Waals surface area contributed by atoms with E-state index in [1.54, 1.807) is 6.20 Å². The van der Waals surface area contributed by atoms with E-state index < -0.39 is 0 Å². The van der Waals surface area contributed by atoms with Crippen molar-refractivity contribution in [1.29, 1.82) is 0 Å². The van der Waals surface area contributed by atoms with Crippen LogP contribution in [0.3, 0.4) is 0 Å². The minimum atomic E-state index is -0.274. The van der Waals surface area contributed by atoms with E-state index in [0.717, 1.165) is 16.3 Å². The van der Waals surface area contributed by atoms with E-state index in [-0.39, 0.29) is 12.5 Å². The Hall–Kier alpha value is -3.54. The van der Waals surface area contributed by atoms with Crippen molar-refractivity contribution in [3.63, 3.8) is 0 Å². The predicted octanol–water partition coefficient (Wildman–Crippen LogP) is 3.14.